The standard InChI is InChI=1S/C21H33NO5/c1-6-9-13-21(4,27-8-3)20(24)22-16-11-12-18(26-14-10-7-2)17(15-16)19(23)25-5/h11-12,15H,6-10,13-14H2,1-5H3,(H,22,24). The van der Waals surface area contributed by atoms with Crippen LogP contribution in [0.4, 0.5) is 5.69 Å². The fraction of sp³-hybridized carbons (Fsp3) is 0.619. The van der Waals surface area contributed by atoms with Gasteiger partial charge in [0.15, 0.2) is 0 Å². The SMILES string of the molecule is CCCCOc1ccc(NC(=O)C(C)(CCCC)OCC)cc1C(=O)OC. The summed E-state index contributed by atoms with van der Waals surface area (Å²) in [5.41, 5.74) is -0.115. The zero-order valence-electron chi connectivity index (χ0n) is 17.2. The molecular weight excluding hydrogens is 346 g/mol. The summed E-state index contributed by atoms with van der Waals surface area (Å²) in [6.45, 7) is 8.78. The lowest BCUT2D eigenvalue weighted by atomic mass is 9.97. The highest BCUT2D eigenvalue weighted by Crippen LogP contribution is 2.26. The number of hydrogen-bond donors (Lipinski definition) is 1. The number of ether oxygens (including phenoxy) is 3. The third kappa shape index (κ3) is 6.86. The Morgan fingerprint density at radius 3 is 2.41 bits per heavy atom. The van der Waals surface area contributed by atoms with Crippen molar-refractivity contribution in [2.24, 2.45) is 0 Å². The van der Waals surface area contributed by atoms with Gasteiger partial charge in [0.1, 0.15) is 16.9 Å². The number of rotatable bonds is 12. The van der Waals surface area contributed by atoms with Crippen LogP contribution in [0.1, 0.15) is 70.2 Å². The van der Waals surface area contributed by atoms with Crippen LogP contribution >= 0.6 is 0 Å². The second kappa shape index (κ2) is 11.6. The molecule has 1 aromatic carbocycles. The number of benzene rings is 1. The molecule has 0 aromatic heterocycles. The molecule has 0 aliphatic rings. The number of carbonyl (C=O) groups is 2. The van der Waals surface area contributed by atoms with Gasteiger partial charge in [0.05, 0.1) is 13.7 Å². The van der Waals surface area contributed by atoms with Gasteiger partial charge >= 0.3 is 5.97 Å². The van der Waals surface area contributed by atoms with E-state index < -0.39 is 11.6 Å². The maximum absolute atomic E-state index is 12.8. The highest BCUT2D eigenvalue weighted by Gasteiger charge is 2.33. The van der Waals surface area contributed by atoms with Crippen molar-refractivity contribution < 1.29 is 23.8 Å². The van der Waals surface area contributed by atoms with Crippen LogP contribution in [0.5, 0.6) is 5.75 Å². The van der Waals surface area contributed by atoms with Crippen molar-refractivity contribution in [1.82, 2.24) is 0 Å². The van der Waals surface area contributed by atoms with Crippen LogP contribution in [-0.2, 0) is 14.3 Å². The van der Waals surface area contributed by atoms with Crippen LogP contribution in [-0.4, -0.2) is 37.8 Å². The van der Waals surface area contributed by atoms with Gasteiger partial charge in [-0.1, -0.05) is 33.1 Å². The Bertz CT molecular complexity index is 617. The van der Waals surface area contributed by atoms with Crippen molar-refractivity contribution in [2.45, 2.75) is 65.4 Å². The normalized spacial score (nSPS) is 12.9. The minimum absolute atomic E-state index is 0.228. The first kappa shape index (κ1) is 23.0. The van der Waals surface area contributed by atoms with E-state index in [1.807, 2.05) is 6.92 Å². The molecule has 6 nitrogen and oxygen atoms in total. The first-order chi connectivity index (χ1) is 12.9. The maximum Gasteiger partial charge on any atom is 0.341 e. The minimum Gasteiger partial charge on any atom is -0.493 e. The Morgan fingerprint density at radius 1 is 1.11 bits per heavy atom. The number of hydrogen-bond acceptors (Lipinski definition) is 5. The van der Waals surface area contributed by atoms with E-state index in [0.717, 1.165) is 25.7 Å². The van der Waals surface area contributed by atoms with Crippen molar-refractivity contribution >= 4 is 17.6 Å². The van der Waals surface area contributed by atoms with Crippen LogP contribution in [0.2, 0.25) is 0 Å². The predicted molar refractivity (Wildman–Crippen MR) is 106 cm³/mol. The summed E-state index contributed by atoms with van der Waals surface area (Å²) in [4.78, 5) is 24.9. The minimum atomic E-state index is -0.910. The molecule has 6 heteroatoms. The third-order valence-corrected chi connectivity index (χ3v) is 4.35. The van der Waals surface area contributed by atoms with Gasteiger partial charge in [0.25, 0.3) is 5.91 Å². The van der Waals surface area contributed by atoms with Crippen molar-refractivity contribution in [3.05, 3.63) is 23.8 Å². The molecule has 0 radical (unpaired) electrons. The number of nitrogens with one attached hydrogen (secondary N) is 1. The lowest BCUT2D eigenvalue weighted by Crippen LogP contribution is -2.42. The predicted octanol–water partition coefficient (Wildman–Crippen LogP) is 4.58. The second-order valence-electron chi connectivity index (χ2n) is 6.63. The monoisotopic (exact) mass is 379 g/mol. The van der Waals surface area contributed by atoms with Gasteiger partial charge in [-0.15, -0.1) is 0 Å². The molecule has 152 valence electrons. The average molecular weight is 379 g/mol. The number of anilines is 1. The summed E-state index contributed by atoms with van der Waals surface area (Å²) in [7, 11) is 1.32. The maximum atomic E-state index is 12.8. The van der Waals surface area contributed by atoms with Gasteiger partial charge in [0, 0.05) is 12.3 Å². The molecule has 1 N–H and O–H groups in total. The molecule has 27 heavy (non-hydrogen) atoms. The molecule has 0 saturated heterocycles. The average Bonchev–Trinajstić information content (AvgIpc) is 2.67. The van der Waals surface area contributed by atoms with Gasteiger partial charge in [-0.3, -0.25) is 4.79 Å². The first-order valence-electron chi connectivity index (χ1n) is 9.72. The Morgan fingerprint density at radius 2 is 1.81 bits per heavy atom. The quantitative estimate of drug-likeness (QED) is 0.425. The molecule has 0 bridgehead atoms. The lowest BCUT2D eigenvalue weighted by molar-refractivity contribution is -0.139. The first-order valence-corrected chi connectivity index (χ1v) is 9.72. The van der Waals surface area contributed by atoms with E-state index in [1.54, 1.807) is 25.1 Å². The van der Waals surface area contributed by atoms with E-state index in [9.17, 15) is 9.59 Å². The molecule has 1 unspecified atom stereocenters. The molecule has 1 amide bonds. The number of esters is 1. The molecule has 0 saturated carbocycles. The van der Waals surface area contributed by atoms with Crippen LogP contribution in [0.3, 0.4) is 0 Å². The molecule has 0 spiro atoms. The van der Waals surface area contributed by atoms with Gasteiger partial charge < -0.3 is 19.5 Å². The van der Waals surface area contributed by atoms with E-state index >= 15 is 0 Å². The molecule has 0 aliphatic carbocycles. The molecular formula is C21H33NO5. The van der Waals surface area contributed by atoms with Crippen LogP contribution in [0.15, 0.2) is 18.2 Å². The highest BCUT2D eigenvalue weighted by atomic mass is 16.5. The second-order valence-corrected chi connectivity index (χ2v) is 6.63. The van der Waals surface area contributed by atoms with Crippen LogP contribution in [0, 0.1) is 0 Å². The molecule has 0 aliphatic heterocycles. The van der Waals surface area contributed by atoms with Gasteiger partial charge in [0.2, 0.25) is 0 Å². The van der Waals surface area contributed by atoms with Crippen LogP contribution < -0.4 is 10.1 Å². The lowest BCUT2D eigenvalue weighted by Gasteiger charge is -2.28. The zero-order chi connectivity index (χ0) is 20.3. The van der Waals surface area contributed by atoms with E-state index in [2.05, 4.69) is 19.2 Å². The van der Waals surface area contributed by atoms with Gasteiger partial charge in [-0.25, -0.2) is 4.79 Å². The number of unbranched alkanes of at least 4 members (excludes halogenated alkanes) is 2. The van der Waals surface area contributed by atoms with Crippen molar-refractivity contribution in [1.29, 1.82) is 0 Å². The summed E-state index contributed by atoms with van der Waals surface area (Å²) in [6, 6.07) is 4.98. The number of carbonyl (C=O) groups excluding carboxylic acids is 2. The highest BCUT2D eigenvalue weighted by molar-refractivity contribution is 5.99. The van der Waals surface area contributed by atoms with Crippen LogP contribution in [0.25, 0.3) is 0 Å². The summed E-state index contributed by atoms with van der Waals surface area (Å²) in [6.07, 6.45) is 4.39. The molecule has 1 rings (SSSR count). The number of amides is 1. The van der Waals surface area contributed by atoms with Gasteiger partial charge in [-0.05, 0) is 44.9 Å². The molecule has 0 heterocycles. The Kier molecular flexibility index (Phi) is 9.86. The number of methoxy groups -OCH3 is 1. The van der Waals surface area contributed by atoms with E-state index in [0.29, 0.717) is 31.1 Å². The van der Waals surface area contributed by atoms with E-state index in [1.165, 1.54) is 7.11 Å². The molecule has 1 atom stereocenters. The third-order valence-electron chi connectivity index (χ3n) is 4.35. The Balaban J connectivity index is 3.01. The van der Waals surface area contributed by atoms with Crippen molar-refractivity contribution in [3.8, 4) is 5.75 Å². The smallest absolute Gasteiger partial charge is 0.341 e. The van der Waals surface area contributed by atoms with Crippen molar-refractivity contribution in [2.75, 3.05) is 25.6 Å². The Hall–Kier alpha value is -2.08. The fourth-order valence-corrected chi connectivity index (χ4v) is 2.68. The summed E-state index contributed by atoms with van der Waals surface area (Å²) < 4.78 is 16.3. The molecule has 1 aromatic rings. The zero-order valence-corrected chi connectivity index (χ0v) is 17.2. The topological polar surface area (TPSA) is 73.9 Å². The van der Waals surface area contributed by atoms with E-state index in [4.69, 9.17) is 14.2 Å². The Labute approximate surface area is 162 Å². The largest absolute Gasteiger partial charge is 0.493 e. The van der Waals surface area contributed by atoms with E-state index in [-0.39, 0.29) is 11.5 Å². The molecule has 0 fully saturated rings. The summed E-state index contributed by atoms with van der Waals surface area (Å²) >= 11 is 0. The summed E-state index contributed by atoms with van der Waals surface area (Å²) in [5, 5.41) is 2.86. The summed E-state index contributed by atoms with van der Waals surface area (Å²) in [5.74, 6) is -0.281. The van der Waals surface area contributed by atoms with Gasteiger partial charge in [-0.2, -0.15) is 0 Å². The fourth-order valence-electron chi connectivity index (χ4n) is 2.68. The van der Waals surface area contributed by atoms with Crippen molar-refractivity contribution in [3.63, 3.8) is 0 Å².